The molecule has 0 aliphatic carbocycles. The summed E-state index contributed by atoms with van der Waals surface area (Å²) in [5, 5.41) is 16.7. The van der Waals surface area contributed by atoms with Gasteiger partial charge >= 0.3 is 0 Å². The van der Waals surface area contributed by atoms with Crippen LogP contribution in [-0.2, 0) is 23.1 Å². The van der Waals surface area contributed by atoms with Crippen LogP contribution < -0.4 is 10.2 Å². The molecule has 1 unspecified atom stereocenters. The Kier molecular flexibility index (Phi) is 6.80. The van der Waals surface area contributed by atoms with Gasteiger partial charge in [-0.3, -0.25) is 14.0 Å². The average molecular weight is 456 g/mol. The Hall–Kier alpha value is -2.85. The third-order valence-electron chi connectivity index (χ3n) is 5.58. The second-order valence-corrected chi connectivity index (χ2v) is 9.18. The highest BCUT2D eigenvalue weighted by Gasteiger charge is 2.25. The van der Waals surface area contributed by atoms with E-state index >= 15 is 0 Å². The van der Waals surface area contributed by atoms with Crippen LogP contribution in [0.4, 0.5) is 11.6 Å². The number of ether oxygens (including phenoxy) is 1. The molecule has 1 aliphatic heterocycles. The smallest absolute Gasteiger partial charge is 0.237 e. The molecule has 32 heavy (non-hydrogen) atoms. The van der Waals surface area contributed by atoms with Crippen molar-refractivity contribution in [3.05, 3.63) is 47.3 Å². The number of carbonyl (C=O) groups is 1. The first-order valence-electron chi connectivity index (χ1n) is 10.7. The molecule has 1 fully saturated rings. The van der Waals surface area contributed by atoms with Crippen molar-refractivity contribution in [3.8, 4) is 0 Å². The number of hydrogen-bond donors (Lipinski definition) is 1. The lowest BCUT2D eigenvalue weighted by Gasteiger charge is -2.28. The standard InChI is InChI=1S/C22H29N7O2S/c1-15-19(16(2)27(4)26-15)23-20(30)17(3)32-22-25-24-21(28-10-12-31-13-11-28)29(22)14-18-8-6-5-7-9-18/h5-9,17H,10-14H2,1-4H3,(H,23,30). The fourth-order valence-corrected chi connectivity index (χ4v) is 4.50. The van der Waals surface area contributed by atoms with Gasteiger partial charge in [-0.2, -0.15) is 5.10 Å². The average Bonchev–Trinajstić information content (AvgIpc) is 3.30. The Bertz CT molecular complexity index is 1070. The van der Waals surface area contributed by atoms with E-state index in [1.165, 1.54) is 11.8 Å². The third kappa shape index (κ3) is 4.81. The molecule has 1 saturated heterocycles. The second kappa shape index (κ2) is 9.74. The van der Waals surface area contributed by atoms with Crippen LogP contribution in [0.2, 0.25) is 0 Å². The molecule has 10 heteroatoms. The van der Waals surface area contributed by atoms with Gasteiger partial charge in [-0.15, -0.1) is 10.2 Å². The lowest BCUT2D eigenvalue weighted by molar-refractivity contribution is -0.115. The van der Waals surface area contributed by atoms with Crippen LogP contribution in [0.25, 0.3) is 0 Å². The highest BCUT2D eigenvalue weighted by Crippen LogP contribution is 2.28. The zero-order valence-electron chi connectivity index (χ0n) is 18.9. The minimum atomic E-state index is -0.356. The van der Waals surface area contributed by atoms with Gasteiger partial charge in [-0.25, -0.2) is 0 Å². The highest BCUT2D eigenvalue weighted by atomic mass is 32.2. The van der Waals surface area contributed by atoms with Crippen molar-refractivity contribution in [2.75, 3.05) is 36.5 Å². The van der Waals surface area contributed by atoms with Gasteiger partial charge in [0.25, 0.3) is 0 Å². The van der Waals surface area contributed by atoms with Crippen LogP contribution in [0, 0.1) is 13.8 Å². The number of carbonyl (C=O) groups excluding carboxylic acids is 1. The van der Waals surface area contributed by atoms with E-state index in [9.17, 15) is 4.79 Å². The van der Waals surface area contributed by atoms with Crippen molar-refractivity contribution >= 4 is 29.3 Å². The SMILES string of the molecule is Cc1nn(C)c(C)c1NC(=O)C(C)Sc1nnc(N2CCOCC2)n1Cc1ccccc1. The number of rotatable bonds is 7. The summed E-state index contributed by atoms with van der Waals surface area (Å²) in [4.78, 5) is 15.1. The molecule has 3 aromatic rings. The van der Waals surface area contributed by atoms with Gasteiger partial charge in [-0.05, 0) is 26.3 Å². The largest absolute Gasteiger partial charge is 0.378 e. The molecule has 1 atom stereocenters. The summed E-state index contributed by atoms with van der Waals surface area (Å²) in [5.74, 6) is 0.725. The highest BCUT2D eigenvalue weighted by molar-refractivity contribution is 8.00. The maximum Gasteiger partial charge on any atom is 0.237 e. The normalized spacial score (nSPS) is 15.1. The van der Waals surface area contributed by atoms with E-state index in [1.807, 2.05) is 46.0 Å². The van der Waals surface area contributed by atoms with Crippen LogP contribution in [-0.4, -0.2) is 62.0 Å². The molecule has 0 radical (unpaired) electrons. The monoisotopic (exact) mass is 455 g/mol. The van der Waals surface area contributed by atoms with Crippen molar-refractivity contribution in [2.24, 2.45) is 7.05 Å². The lowest BCUT2D eigenvalue weighted by atomic mass is 10.2. The maximum absolute atomic E-state index is 13.0. The van der Waals surface area contributed by atoms with Crippen LogP contribution in [0.5, 0.6) is 0 Å². The van der Waals surface area contributed by atoms with Crippen molar-refractivity contribution < 1.29 is 9.53 Å². The van der Waals surface area contributed by atoms with Gasteiger partial charge in [0.2, 0.25) is 11.9 Å². The number of nitrogens with zero attached hydrogens (tertiary/aromatic N) is 6. The summed E-state index contributed by atoms with van der Waals surface area (Å²) >= 11 is 1.41. The minimum Gasteiger partial charge on any atom is -0.378 e. The number of morpholine rings is 1. The fraction of sp³-hybridized carbons (Fsp3) is 0.455. The molecule has 1 N–H and O–H groups in total. The first-order chi connectivity index (χ1) is 15.4. The number of hydrogen-bond acceptors (Lipinski definition) is 7. The molecule has 4 rings (SSSR count). The number of aromatic nitrogens is 5. The topological polar surface area (TPSA) is 90.1 Å². The number of benzene rings is 1. The molecule has 170 valence electrons. The summed E-state index contributed by atoms with van der Waals surface area (Å²) < 4.78 is 9.36. The number of amides is 1. The zero-order chi connectivity index (χ0) is 22.7. The van der Waals surface area contributed by atoms with E-state index in [4.69, 9.17) is 4.74 Å². The van der Waals surface area contributed by atoms with Crippen molar-refractivity contribution in [3.63, 3.8) is 0 Å². The van der Waals surface area contributed by atoms with E-state index in [0.717, 1.165) is 46.8 Å². The molecule has 3 heterocycles. The quantitative estimate of drug-likeness (QED) is 0.548. The number of thioether (sulfide) groups is 1. The van der Waals surface area contributed by atoms with Gasteiger partial charge in [-0.1, -0.05) is 42.1 Å². The summed E-state index contributed by atoms with van der Waals surface area (Å²) in [6.07, 6.45) is 0. The Morgan fingerprint density at radius 3 is 2.56 bits per heavy atom. The Labute approximate surface area is 192 Å². The van der Waals surface area contributed by atoms with Crippen LogP contribution in [0.3, 0.4) is 0 Å². The third-order valence-corrected chi connectivity index (χ3v) is 6.66. The molecule has 9 nitrogen and oxygen atoms in total. The van der Waals surface area contributed by atoms with Gasteiger partial charge in [0.1, 0.15) is 0 Å². The fourth-order valence-electron chi connectivity index (χ4n) is 3.66. The van der Waals surface area contributed by atoms with E-state index in [1.54, 1.807) is 4.68 Å². The second-order valence-electron chi connectivity index (χ2n) is 7.87. The van der Waals surface area contributed by atoms with Crippen LogP contribution >= 0.6 is 11.8 Å². The lowest BCUT2D eigenvalue weighted by Crippen LogP contribution is -2.38. The molecule has 0 bridgehead atoms. The van der Waals surface area contributed by atoms with Crippen molar-refractivity contribution in [1.29, 1.82) is 0 Å². The molecule has 0 saturated carbocycles. The molecule has 2 aromatic heterocycles. The minimum absolute atomic E-state index is 0.0867. The number of nitrogens with one attached hydrogen (secondary N) is 1. The molecule has 1 aliphatic rings. The summed E-state index contributed by atoms with van der Waals surface area (Å²) in [7, 11) is 1.87. The van der Waals surface area contributed by atoms with Gasteiger partial charge in [0.05, 0.1) is 42.1 Å². The molecule has 1 aromatic carbocycles. The predicted molar refractivity (Wildman–Crippen MR) is 125 cm³/mol. The summed E-state index contributed by atoms with van der Waals surface area (Å²) in [6, 6.07) is 10.2. The van der Waals surface area contributed by atoms with Gasteiger partial charge in [0.15, 0.2) is 5.16 Å². The van der Waals surface area contributed by atoms with Crippen LogP contribution in [0.1, 0.15) is 23.9 Å². The van der Waals surface area contributed by atoms with Gasteiger partial charge in [0, 0.05) is 20.1 Å². The zero-order valence-corrected chi connectivity index (χ0v) is 19.7. The first kappa shape index (κ1) is 22.3. The molecule has 0 spiro atoms. The van der Waals surface area contributed by atoms with Gasteiger partial charge < -0.3 is 15.0 Å². The van der Waals surface area contributed by atoms with Crippen molar-refractivity contribution in [2.45, 2.75) is 37.7 Å². The van der Waals surface area contributed by atoms with Crippen LogP contribution in [0.15, 0.2) is 35.5 Å². The number of aryl methyl sites for hydroxylation is 2. The predicted octanol–water partition coefficient (Wildman–Crippen LogP) is 2.63. The van der Waals surface area contributed by atoms with E-state index in [0.29, 0.717) is 19.8 Å². The van der Waals surface area contributed by atoms with E-state index in [-0.39, 0.29) is 11.2 Å². The first-order valence-corrected chi connectivity index (χ1v) is 11.6. The number of anilines is 2. The molecular weight excluding hydrogens is 426 g/mol. The maximum atomic E-state index is 13.0. The summed E-state index contributed by atoms with van der Waals surface area (Å²) in [5.41, 5.74) is 3.65. The Morgan fingerprint density at radius 2 is 1.91 bits per heavy atom. The van der Waals surface area contributed by atoms with E-state index in [2.05, 4.69) is 42.2 Å². The van der Waals surface area contributed by atoms with E-state index < -0.39 is 0 Å². The van der Waals surface area contributed by atoms with Crippen molar-refractivity contribution in [1.82, 2.24) is 24.5 Å². The molecule has 1 amide bonds. The Balaban J connectivity index is 1.55. The summed E-state index contributed by atoms with van der Waals surface area (Å²) in [6.45, 7) is 9.24. The molecular formula is C22H29N7O2S. The Morgan fingerprint density at radius 1 is 1.19 bits per heavy atom.